The molecule has 1 rings (SSSR count). The summed E-state index contributed by atoms with van der Waals surface area (Å²) in [6.45, 7) is 0.264. The first kappa shape index (κ1) is 12.4. The van der Waals surface area contributed by atoms with Gasteiger partial charge in [0.1, 0.15) is 6.61 Å². The summed E-state index contributed by atoms with van der Waals surface area (Å²) < 4.78 is 28.6. The molecule has 0 aliphatic heterocycles. The molecular formula is C9H17NO4S. The van der Waals surface area contributed by atoms with Gasteiger partial charge in [-0.15, -0.1) is 0 Å². The largest absolute Gasteiger partial charge is 0.464 e. The van der Waals surface area contributed by atoms with Gasteiger partial charge in [0, 0.05) is 6.54 Å². The highest BCUT2D eigenvalue weighted by atomic mass is 32.2. The highest BCUT2D eigenvalue weighted by Gasteiger charge is 2.23. The van der Waals surface area contributed by atoms with Gasteiger partial charge in [-0.25, -0.2) is 13.1 Å². The molecule has 0 spiro atoms. The molecule has 0 amide bonds. The van der Waals surface area contributed by atoms with E-state index in [1.807, 2.05) is 0 Å². The summed E-state index contributed by atoms with van der Waals surface area (Å²) >= 11 is 0. The molecule has 0 aromatic rings. The van der Waals surface area contributed by atoms with Crippen LogP contribution in [0.2, 0.25) is 0 Å². The molecule has 1 saturated carbocycles. The predicted molar refractivity (Wildman–Crippen MR) is 55.8 cm³/mol. The summed E-state index contributed by atoms with van der Waals surface area (Å²) in [5.41, 5.74) is 0. The van der Waals surface area contributed by atoms with Gasteiger partial charge in [-0.3, -0.25) is 4.79 Å². The van der Waals surface area contributed by atoms with Gasteiger partial charge in [0.05, 0.1) is 12.2 Å². The number of nitrogens with one attached hydrogen (secondary N) is 1. The number of ether oxygens (including phenoxy) is 1. The minimum atomic E-state index is -3.18. The van der Waals surface area contributed by atoms with Gasteiger partial charge in [0.2, 0.25) is 10.0 Å². The SMILES string of the molecule is CS(=O)(=O)NCCOC(=O)C1CCCC1. The Bertz CT molecular complexity index is 306. The minimum Gasteiger partial charge on any atom is -0.464 e. The molecule has 1 aliphatic rings. The predicted octanol–water partition coefficient (Wildman–Crippen LogP) is 0.269. The minimum absolute atomic E-state index is 0.0308. The Kier molecular flexibility index (Phi) is 4.53. The number of esters is 1. The Morgan fingerprint density at radius 3 is 2.53 bits per heavy atom. The van der Waals surface area contributed by atoms with Crippen LogP contribution in [0.15, 0.2) is 0 Å². The Labute approximate surface area is 90.2 Å². The number of hydrogen-bond donors (Lipinski definition) is 1. The summed E-state index contributed by atoms with van der Waals surface area (Å²) in [6.07, 6.45) is 5.05. The lowest BCUT2D eigenvalue weighted by molar-refractivity contribution is -0.148. The Hall–Kier alpha value is -0.620. The van der Waals surface area contributed by atoms with Gasteiger partial charge < -0.3 is 4.74 Å². The molecule has 1 fully saturated rings. The van der Waals surface area contributed by atoms with E-state index in [1.165, 1.54) is 0 Å². The molecule has 0 atom stereocenters. The maximum absolute atomic E-state index is 11.4. The van der Waals surface area contributed by atoms with E-state index < -0.39 is 10.0 Å². The van der Waals surface area contributed by atoms with E-state index in [1.54, 1.807) is 0 Å². The fraction of sp³-hybridized carbons (Fsp3) is 0.889. The van der Waals surface area contributed by atoms with E-state index in [2.05, 4.69) is 4.72 Å². The zero-order chi connectivity index (χ0) is 11.3. The highest BCUT2D eigenvalue weighted by Crippen LogP contribution is 2.25. The van der Waals surface area contributed by atoms with Crippen molar-refractivity contribution in [1.29, 1.82) is 0 Å². The Morgan fingerprint density at radius 1 is 1.40 bits per heavy atom. The maximum atomic E-state index is 11.4. The first-order valence-corrected chi connectivity index (χ1v) is 6.99. The number of hydrogen-bond acceptors (Lipinski definition) is 4. The normalized spacial score (nSPS) is 17.9. The van der Waals surface area contributed by atoms with Crippen LogP contribution in [0.3, 0.4) is 0 Å². The van der Waals surface area contributed by atoms with Crippen molar-refractivity contribution in [2.75, 3.05) is 19.4 Å². The van der Waals surface area contributed by atoms with Crippen LogP contribution in [0.1, 0.15) is 25.7 Å². The Morgan fingerprint density at radius 2 is 2.00 bits per heavy atom. The van der Waals surface area contributed by atoms with Crippen molar-refractivity contribution in [1.82, 2.24) is 4.72 Å². The van der Waals surface area contributed by atoms with Crippen molar-refractivity contribution >= 4 is 16.0 Å². The molecule has 0 unspecified atom stereocenters. The van der Waals surface area contributed by atoms with Crippen molar-refractivity contribution in [2.45, 2.75) is 25.7 Å². The third kappa shape index (κ3) is 5.13. The van der Waals surface area contributed by atoms with E-state index in [4.69, 9.17) is 4.74 Å². The quantitative estimate of drug-likeness (QED) is 0.548. The monoisotopic (exact) mass is 235 g/mol. The van der Waals surface area contributed by atoms with Crippen LogP contribution in [0.25, 0.3) is 0 Å². The second-order valence-electron chi connectivity index (χ2n) is 3.82. The molecule has 0 aromatic carbocycles. The second-order valence-corrected chi connectivity index (χ2v) is 5.65. The van der Waals surface area contributed by atoms with Crippen LogP contribution >= 0.6 is 0 Å². The summed E-state index contributed by atoms with van der Waals surface area (Å²) in [5, 5.41) is 0. The first-order chi connectivity index (χ1) is 6.99. The van der Waals surface area contributed by atoms with Crippen molar-refractivity contribution in [3.8, 4) is 0 Å². The maximum Gasteiger partial charge on any atom is 0.308 e. The molecule has 1 aliphatic carbocycles. The number of sulfonamides is 1. The summed E-state index contributed by atoms with van der Waals surface area (Å²) in [5.74, 6) is -0.161. The summed E-state index contributed by atoms with van der Waals surface area (Å²) in [4.78, 5) is 11.4. The van der Waals surface area contributed by atoms with E-state index in [9.17, 15) is 13.2 Å². The van der Waals surface area contributed by atoms with Crippen molar-refractivity contribution in [3.05, 3.63) is 0 Å². The van der Waals surface area contributed by atoms with E-state index in [0.717, 1.165) is 31.9 Å². The van der Waals surface area contributed by atoms with Crippen LogP contribution in [0, 0.1) is 5.92 Å². The van der Waals surface area contributed by atoms with Gasteiger partial charge in [-0.1, -0.05) is 12.8 Å². The topological polar surface area (TPSA) is 72.5 Å². The van der Waals surface area contributed by atoms with E-state index >= 15 is 0 Å². The molecule has 5 nitrogen and oxygen atoms in total. The average molecular weight is 235 g/mol. The molecule has 0 bridgehead atoms. The fourth-order valence-electron chi connectivity index (χ4n) is 1.66. The van der Waals surface area contributed by atoms with Crippen LogP contribution < -0.4 is 4.72 Å². The number of rotatable bonds is 5. The van der Waals surface area contributed by atoms with Gasteiger partial charge >= 0.3 is 5.97 Å². The molecule has 0 radical (unpaired) electrons. The average Bonchev–Trinajstić information content (AvgIpc) is 2.63. The lowest BCUT2D eigenvalue weighted by atomic mass is 10.1. The lowest BCUT2D eigenvalue weighted by Crippen LogP contribution is -2.28. The summed E-state index contributed by atoms with van der Waals surface area (Å²) in [6, 6.07) is 0. The Balaban J connectivity index is 2.12. The molecule has 0 saturated heterocycles. The van der Waals surface area contributed by atoms with E-state index in [-0.39, 0.29) is 25.0 Å². The van der Waals surface area contributed by atoms with Crippen LogP contribution in [-0.2, 0) is 19.6 Å². The van der Waals surface area contributed by atoms with Gasteiger partial charge in [0.15, 0.2) is 0 Å². The molecule has 15 heavy (non-hydrogen) atoms. The third-order valence-electron chi connectivity index (χ3n) is 2.40. The molecule has 88 valence electrons. The number of carbonyl (C=O) groups excluding carboxylic acids is 1. The zero-order valence-electron chi connectivity index (χ0n) is 8.86. The zero-order valence-corrected chi connectivity index (χ0v) is 9.68. The van der Waals surface area contributed by atoms with Crippen LogP contribution in [0.4, 0.5) is 0 Å². The van der Waals surface area contributed by atoms with Crippen molar-refractivity contribution in [2.24, 2.45) is 5.92 Å². The van der Waals surface area contributed by atoms with Gasteiger partial charge in [-0.05, 0) is 12.8 Å². The molecule has 1 N–H and O–H groups in total. The molecule has 0 heterocycles. The van der Waals surface area contributed by atoms with Crippen LogP contribution in [0.5, 0.6) is 0 Å². The van der Waals surface area contributed by atoms with Gasteiger partial charge in [0.25, 0.3) is 0 Å². The molecule has 6 heteroatoms. The molecular weight excluding hydrogens is 218 g/mol. The van der Waals surface area contributed by atoms with Gasteiger partial charge in [-0.2, -0.15) is 0 Å². The highest BCUT2D eigenvalue weighted by molar-refractivity contribution is 7.88. The fourth-order valence-corrected chi connectivity index (χ4v) is 2.11. The van der Waals surface area contributed by atoms with Crippen molar-refractivity contribution < 1.29 is 17.9 Å². The van der Waals surface area contributed by atoms with Crippen LogP contribution in [-0.4, -0.2) is 33.8 Å². The second kappa shape index (κ2) is 5.46. The third-order valence-corrected chi connectivity index (χ3v) is 3.13. The van der Waals surface area contributed by atoms with E-state index in [0.29, 0.717) is 0 Å². The molecule has 0 aromatic heterocycles. The number of carbonyl (C=O) groups is 1. The standard InChI is InChI=1S/C9H17NO4S/c1-15(12,13)10-6-7-14-9(11)8-4-2-3-5-8/h8,10H,2-7H2,1H3. The lowest BCUT2D eigenvalue weighted by Gasteiger charge is -2.09. The smallest absolute Gasteiger partial charge is 0.308 e. The first-order valence-electron chi connectivity index (χ1n) is 5.10. The summed E-state index contributed by atoms with van der Waals surface area (Å²) in [7, 11) is -3.18. The van der Waals surface area contributed by atoms with Crippen molar-refractivity contribution in [3.63, 3.8) is 0 Å².